The second-order valence-corrected chi connectivity index (χ2v) is 7.50. The molecule has 1 heterocycles. The van der Waals surface area contributed by atoms with Gasteiger partial charge < -0.3 is 4.48 Å². The van der Waals surface area contributed by atoms with Crippen LogP contribution in [0.25, 0.3) is 12.2 Å². The Kier molecular flexibility index (Phi) is 6.00. The number of nitrogens with zero attached hydrogens (tertiary/aromatic N) is 1. The first-order valence-corrected chi connectivity index (χ1v) is 9.25. The first-order valence-electron chi connectivity index (χ1n) is 9.25. The zero-order valence-electron chi connectivity index (χ0n) is 16.0. The van der Waals surface area contributed by atoms with Crippen LogP contribution in [0.2, 0.25) is 0 Å². The summed E-state index contributed by atoms with van der Waals surface area (Å²) in [7, 11) is 4.33. The molecule has 2 aromatic carbocycles. The van der Waals surface area contributed by atoms with Gasteiger partial charge in [0, 0.05) is 0 Å². The van der Waals surface area contributed by atoms with Crippen LogP contribution in [0, 0.1) is 0 Å². The molecule has 0 aromatic heterocycles. The van der Waals surface area contributed by atoms with Gasteiger partial charge in [0.2, 0.25) is 0 Å². The van der Waals surface area contributed by atoms with Gasteiger partial charge in [-0.1, -0.05) is 85.0 Å². The third-order valence-corrected chi connectivity index (χ3v) is 4.55. The molecule has 2 heteroatoms. The molecule has 0 N–H and O–H groups in total. The number of carbonyl (C=O) groups is 1. The number of benzene rings is 2. The van der Waals surface area contributed by atoms with Gasteiger partial charge in [0.25, 0.3) is 0 Å². The molecule has 3 rings (SSSR count). The van der Waals surface area contributed by atoms with Crippen LogP contribution in [-0.2, 0) is 4.79 Å². The lowest BCUT2D eigenvalue weighted by Gasteiger charge is -2.35. The van der Waals surface area contributed by atoms with Crippen molar-refractivity contribution in [3.63, 3.8) is 0 Å². The third kappa shape index (κ3) is 5.50. The Hall–Kier alpha value is -2.97. The average Bonchev–Trinajstić information content (AvgIpc) is 2.66. The number of likely N-dealkylation sites (tertiary alicyclic amines) is 1. The number of ketones is 1. The number of allylic oxidation sites excluding steroid dienone is 4. The van der Waals surface area contributed by atoms with Crippen molar-refractivity contribution < 1.29 is 9.28 Å². The maximum absolute atomic E-state index is 12.9. The largest absolute Gasteiger partial charge is 0.321 e. The molecule has 0 bridgehead atoms. The van der Waals surface area contributed by atoms with E-state index in [1.54, 1.807) is 0 Å². The van der Waals surface area contributed by atoms with Crippen LogP contribution in [0.3, 0.4) is 0 Å². The quantitative estimate of drug-likeness (QED) is 0.561. The van der Waals surface area contributed by atoms with E-state index in [1.165, 1.54) is 0 Å². The highest BCUT2D eigenvalue weighted by molar-refractivity contribution is 6.09. The first kappa shape index (κ1) is 18.8. The lowest BCUT2D eigenvalue weighted by molar-refractivity contribution is -0.881. The van der Waals surface area contributed by atoms with Crippen LogP contribution in [0.1, 0.15) is 11.1 Å². The number of hydrogen-bond donors (Lipinski definition) is 0. The van der Waals surface area contributed by atoms with E-state index in [9.17, 15) is 4.79 Å². The van der Waals surface area contributed by atoms with E-state index in [0.717, 1.165) is 39.8 Å². The van der Waals surface area contributed by atoms with Crippen molar-refractivity contribution in [1.82, 2.24) is 0 Å². The molecule has 0 aliphatic carbocycles. The molecule has 1 saturated heterocycles. The van der Waals surface area contributed by atoms with E-state index >= 15 is 0 Å². The molecule has 0 amide bonds. The Labute approximate surface area is 162 Å². The highest BCUT2D eigenvalue weighted by atomic mass is 16.1. The lowest BCUT2D eigenvalue weighted by atomic mass is 9.95. The van der Waals surface area contributed by atoms with E-state index in [2.05, 4.69) is 38.4 Å². The molecule has 0 atom stereocenters. The van der Waals surface area contributed by atoms with Crippen LogP contribution >= 0.6 is 0 Å². The highest BCUT2D eigenvalue weighted by Gasteiger charge is 2.32. The molecule has 2 aromatic rings. The van der Waals surface area contributed by atoms with Crippen LogP contribution in [-0.4, -0.2) is 37.5 Å². The van der Waals surface area contributed by atoms with E-state index in [-0.39, 0.29) is 5.78 Å². The van der Waals surface area contributed by atoms with E-state index in [1.807, 2.05) is 72.9 Å². The van der Waals surface area contributed by atoms with E-state index < -0.39 is 0 Å². The van der Waals surface area contributed by atoms with Crippen molar-refractivity contribution in [2.24, 2.45) is 0 Å². The van der Waals surface area contributed by atoms with Crippen LogP contribution in [0.15, 0.2) is 96.1 Å². The molecule has 1 fully saturated rings. The second-order valence-electron chi connectivity index (χ2n) is 7.50. The predicted molar refractivity (Wildman–Crippen MR) is 114 cm³/mol. The van der Waals surface area contributed by atoms with Crippen molar-refractivity contribution in [2.45, 2.75) is 0 Å². The third-order valence-electron chi connectivity index (χ3n) is 4.55. The molecular formula is C25H26NO+. The molecule has 2 nitrogen and oxygen atoms in total. The monoisotopic (exact) mass is 356 g/mol. The zero-order valence-corrected chi connectivity index (χ0v) is 16.0. The molecule has 136 valence electrons. The average molecular weight is 356 g/mol. The molecule has 1 aliphatic rings. The number of Topliss-reactive ketones (excluding diaryl/α,β-unsaturated/α-hetero) is 1. The standard InChI is InChI=1S/C25H26NO/c1-26(2)19-23(17-9-15-21-11-5-3-6-12-21)25(27)24(20-26)18-10-16-22-13-7-4-8-14-22/h3-18H,19-20H2,1-2H3/q+1/b15-9+,16-10+,23-17-,24-18+. The number of likely N-dealkylation sites (N-methyl/N-ethyl adjacent to an activating group) is 1. The van der Waals surface area contributed by atoms with Crippen molar-refractivity contribution >= 4 is 17.9 Å². The summed E-state index contributed by atoms with van der Waals surface area (Å²) in [6, 6.07) is 20.3. The fourth-order valence-electron chi connectivity index (χ4n) is 3.26. The van der Waals surface area contributed by atoms with Crippen molar-refractivity contribution in [2.75, 3.05) is 27.2 Å². The molecule has 0 radical (unpaired) electrons. The molecule has 0 unspecified atom stereocenters. The minimum Gasteiger partial charge on any atom is -0.321 e. The van der Waals surface area contributed by atoms with Crippen LogP contribution < -0.4 is 0 Å². The summed E-state index contributed by atoms with van der Waals surface area (Å²) >= 11 is 0. The molecule has 0 saturated carbocycles. The maximum Gasteiger partial charge on any atom is 0.196 e. The summed E-state index contributed by atoms with van der Waals surface area (Å²) < 4.78 is 0.780. The van der Waals surface area contributed by atoms with Crippen molar-refractivity contribution in [3.8, 4) is 0 Å². The lowest BCUT2D eigenvalue weighted by Crippen LogP contribution is -2.48. The minimum atomic E-state index is 0.155. The molecule has 27 heavy (non-hydrogen) atoms. The maximum atomic E-state index is 12.9. The normalized spacial score (nSPS) is 20.1. The Morgan fingerprint density at radius 1 is 0.704 bits per heavy atom. The Balaban J connectivity index is 1.78. The van der Waals surface area contributed by atoms with Gasteiger partial charge in [0.1, 0.15) is 13.1 Å². The first-order chi connectivity index (χ1) is 13.0. The van der Waals surface area contributed by atoms with Crippen molar-refractivity contribution in [1.29, 1.82) is 0 Å². The Morgan fingerprint density at radius 2 is 1.11 bits per heavy atom. The predicted octanol–water partition coefficient (Wildman–Crippen LogP) is 4.93. The fourth-order valence-corrected chi connectivity index (χ4v) is 3.26. The van der Waals surface area contributed by atoms with E-state index in [0.29, 0.717) is 0 Å². The van der Waals surface area contributed by atoms with Gasteiger partial charge in [0.15, 0.2) is 5.78 Å². The van der Waals surface area contributed by atoms with Crippen molar-refractivity contribution in [3.05, 3.63) is 107 Å². The van der Waals surface area contributed by atoms with Gasteiger partial charge >= 0.3 is 0 Å². The smallest absolute Gasteiger partial charge is 0.196 e. The van der Waals surface area contributed by atoms with Gasteiger partial charge in [-0.05, 0) is 23.3 Å². The van der Waals surface area contributed by atoms with Gasteiger partial charge in [-0.2, -0.15) is 0 Å². The zero-order chi connectivity index (χ0) is 19.1. The summed E-state index contributed by atoms with van der Waals surface area (Å²) in [5, 5.41) is 0. The number of hydrogen-bond acceptors (Lipinski definition) is 1. The number of quaternary nitrogens is 1. The molecule has 1 aliphatic heterocycles. The van der Waals surface area contributed by atoms with Gasteiger partial charge in [-0.25, -0.2) is 0 Å². The summed E-state index contributed by atoms with van der Waals surface area (Å²) in [5.74, 6) is 0.155. The summed E-state index contributed by atoms with van der Waals surface area (Å²) in [4.78, 5) is 12.9. The van der Waals surface area contributed by atoms with Gasteiger partial charge in [-0.3, -0.25) is 4.79 Å². The topological polar surface area (TPSA) is 17.1 Å². The summed E-state index contributed by atoms with van der Waals surface area (Å²) in [5.41, 5.74) is 3.98. The van der Waals surface area contributed by atoms with Gasteiger partial charge in [0.05, 0.1) is 25.2 Å². The minimum absolute atomic E-state index is 0.155. The Morgan fingerprint density at radius 3 is 1.52 bits per heavy atom. The molecule has 0 spiro atoms. The van der Waals surface area contributed by atoms with Gasteiger partial charge in [-0.15, -0.1) is 0 Å². The molecular weight excluding hydrogens is 330 g/mol. The van der Waals surface area contributed by atoms with Crippen LogP contribution in [0.5, 0.6) is 0 Å². The highest BCUT2D eigenvalue weighted by Crippen LogP contribution is 2.21. The SMILES string of the molecule is C[N+]1(C)C/C(=C/C=C/c2ccccc2)C(=O)/C(=C/C=C/c2ccccc2)C1. The number of rotatable bonds is 4. The summed E-state index contributed by atoms with van der Waals surface area (Å²) in [6.45, 7) is 1.50. The number of carbonyl (C=O) groups excluding carboxylic acids is 1. The fraction of sp³-hybridized carbons (Fsp3) is 0.160. The summed E-state index contributed by atoms with van der Waals surface area (Å²) in [6.07, 6.45) is 11.9. The number of piperidine rings is 1. The Bertz CT molecular complexity index is 826. The van der Waals surface area contributed by atoms with E-state index in [4.69, 9.17) is 0 Å². The second kappa shape index (κ2) is 8.61. The van der Waals surface area contributed by atoms with Crippen LogP contribution in [0.4, 0.5) is 0 Å².